The number of aliphatic hydroxyl groups is 1. The van der Waals surface area contributed by atoms with Crippen LogP contribution in [0.2, 0.25) is 0 Å². The van der Waals surface area contributed by atoms with Crippen LogP contribution in [-0.4, -0.2) is 21.8 Å². The summed E-state index contributed by atoms with van der Waals surface area (Å²) >= 11 is 0. The van der Waals surface area contributed by atoms with Crippen LogP contribution in [0.3, 0.4) is 0 Å². The van der Waals surface area contributed by atoms with Crippen molar-refractivity contribution >= 4 is 34.0 Å². The van der Waals surface area contributed by atoms with E-state index in [2.05, 4.69) is 4.98 Å². The van der Waals surface area contributed by atoms with Gasteiger partial charge in [0.25, 0.3) is 11.7 Å². The standard InChI is InChI=1S/C24H17FN2O4/c1-13-6-11-19(31-13)21-20(22(28)17-12-26-18-5-3-2-4-16(17)18)23(29)24(30)27(21)15-9-7-14(25)8-10-15/h2-12,21,26,28H,1H3/b22-20-. The highest BCUT2D eigenvalue weighted by molar-refractivity contribution is 6.51. The number of anilines is 1. The van der Waals surface area contributed by atoms with Gasteiger partial charge in [-0.15, -0.1) is 0 Å². The first-order valence-electron chi connectivity index (χ1n) is 9.65. The predicted octanol–water partition coefficient (Wildman–Crippen LogP) is 4.83. The van der Waals surface area contributed by atoms with Crippen LogP contribution in [0.1, 0.15) is 23.1 Å². The first-order valence-corrected chi connectivity index (χ1v) is 9.65. The van der Waals surface area contributed by atoms with E-state index in [-0.39, 0.29) is 11.3 Å². The Morgan fingerprint density at radius 2 is 1.81 bits per heavy atom. The third-order valence-corrected chi connectivity index (χ3v) is 5.42. The van der Waals surface area contributed by atoms with Crippen molar-refractivity contribution in [1.29, 1.82) is 0 Å². The first kappa shape index (κ1) is 18.9. The molecule has 0 spiro atoms. The minimum atomic E-state index is -0.993. The van der Waals surface area contributed by atoms with Crippen LogP contribution in [0.15, 0.2) is 76.9 Å². The Labute approximate surface area is 176 Å². The van der Waals surface area contributed by atoms with Crippen molar-refractivity contribution in [3.05, 3.63) is 95.3 Å². The van der Waals surface area contributed by atoms with Gasteiger partial charge in [-0.3, -0.25) is 14.5 Å². The number of rotatable bonds is 3. The normalized spacial score (nSPS) is 18.3. The molecule has 31 heavy (non-hydrogen) atoms. The molecule has 3 heterocycles. The smallest absolute Gasteiger partial charge is 0.300 e. The van der Waals surface area contributed by atoms with Crippen LogP contribution >= 0.6 is 0 Å². The monoisotopic (exact) mass is 416 g/mol. The number of carbonyl (C=O) groups excluding carboxylic acids is 2. The number of carbonyl (C=O) groups is 2. The van der Waals surface area contributed by atoms with E-state index in [0.29, 0.717) is 28.2 Å². The van der Waals surface area contributed by atoms with Crippen molar-refractivity contribution in [3.8, 4) is 0 Å². The molecule has 1 atom stereocenters. The molecule has 2 aromatic carbocycles. The Morgan fingerprint density at radius 1 is 1.06 bits per heavy atom. The highest BCUT2D eigenvalue weighted by Crippen LogP contribution is 2.43. The molecule has 5 rings (SSSR count). The second-order valence-electron chi connectivity index (χ2n) is 7.34. The summed E-state index contributed by atoms with van der Waals surface area (Å²) in [5, 5.41) is 11.9. The topological polar surface area (TPSA) is 86.5 Å². The van der Waals surface area contributed by atoms with Crippen molar-refractivity contribution in [2.45, 2.75) is 13.0 Å². The van der Waals surface area contributed by atoms with Crippen LogP contribution in [-0.2, 0) is 9.59 Å². The molecular formula is C24H17FN2O4. The molecule has 0 aliphatic carbocycles. The molecule has 1 aliphatic heterocycles. The van der Waals surface area contributed by atoms with Gasteiger partial charge in [0, 0.05) is 28.4 Å². The number of H-pyrrole nitrogens is 1. The van der Waals surface area contributed by atoms with Gasteiger partial charge in [-0.1, -0.05) is 18.2 Å². The molecule has 1 amide bonds. The van der Waals surface area contributed by atoms with E-state index < -0.39 is 23.5 Å². The van der Waals surface area contributed by atoms with Gasteiger partial charge in [0.1, 0.15) is 29.1 Å². The number of para-hydroxylation sites is 1. The van der Waals surface area contributed by atoms with Crippen LogP contribution in [0.25, 0.3) is 16.7 Å². The largest absolute Gasteiger partial charge is 0.507 e. The lowest BCUT2D eigenvalue weighted by Gasteiger charge is -2.23. The zero-order chi connectivity index (χ0) is 21.7. The Balaban J connectivity index is 1.75. The van der Waals surface area contributed by atoms with E-state index in [1.165, 1.54) is 29.2 Å². The fraction of sp³-hybridized carbons (Fsp3) is 0.0833. The molecule has 2 N–H and O–H groups in total. The lowest BCUT2D eigenvalue weighted by Crippen LogP contribution is -2.29. The lowest BCUT2D eigenvalue weighted by molar-refractivity contribution is -0.132. The molecule has 0 saturated carbocycles. The van der Waals surface area contributed by atoms with Crippen LogP contribution < -0.4 is 4.90 Å². The number of aliphatic hydroxyl groups excluding tert-OH is 1. The Morgan fingerprint density at radius 3 is 2.52 bits per heavy atom. The number of aryl methyl sites for hydroxylation is 1. The maximum atomic E-state index is 13.5. The average Bonchev–Trinajstić information content (AvgIpc) is 3.45. The fourth-order valence-electron chi connectivity index (χ4n) is 3.98. The quantitative estimate of drug-likeness (QED) is 0.284. The molecule has 1 aliphatic rings. The summed E-state index contributed by atoms with van der Waals surface area (Å²) in [5.74, 6) is -1.53. The molecule has 1 unspecified atom stereocenters. The van der Waals surface area contributed by atoms with Crippen molar-refractivity contribution in [3.63, 3.8) is 0 Å². The van der Waals surface area contributed by atoms with E-state index in [0.717, 1.165) is 5.52 Å². The number of hydrogen-bond donors (Lipinski definition) is 2. The van der Waals surface area contributed by atoms with Crippen molar-refractivity contribution in [2.24, 2.45) is 0 Å². The lowest BCUT2D eigenvalue weighted by atomic mass is 9.99. The van der Waals surface area contributed by atoms with Crippen LogP contribution in [0.4, 0.5) is 10.1 Å². The minimum Gasteiger partial charge on any atom is -0.507 e. The molecule has 6 nitrogen and oxygen atoms in total. The van der Waals surface area contributed by atoms with Gasteiger partial charge < -0.3 is 14.5 Å². The molecule has 0 bridgehead atoms. The average molecular weight is 416 g/mol. The SMILES string of the molecule is Cc1ccc(C2/C(=C(/O)c3c[nH]c4ccccc34)C(=O)C(=O)N2c2ccc(F)cc2)o1. The fourth-order valence-corrected chi connectivity index (χ4v) is 3.98. The Hall–Kier alpha value is -4.13. The summed E-state index contributed by atoms with van der Waals surface area (Å²) in [7, 11) is 0. The van der Waals surface area contributed by atoms with Crippen molar-refractivity contribution < 1.29 is 23.5 Å². The van der Waals surface area contributed by atoms with Crippen molar-refractivity contribution in [1.82, 2.24) is 4.98 Å². The number of nitrogens with one attached hydrogen (secondary N) is 1. The zero-order valence-corrected chi connectivity index (χ0v) is 16.4. The molecule has 4 aromatic rings. The van der Waals surface area contributed by atoms with Gasteiger partial charge in [0.05, 0.1) is 5.57 Å². The van der Waals surface area contributed by atoms with Gasteiger partial charge in [0.2, 0.25) is 0 Å². The van der Waals surface area contributed by atoms with E-state index in [1.807, 2.05) is 24.3 Å². The molecule has 0 radical (unpaired) electrons. The number of nitrogens with zero attached hydrogens (tertiary/aromatic N) is 1. The minimum absolute atomic E-state index is 0.0894. The molecule has 154 valence electrons. The maximum Gasteiger partial charge on any atom is 0.300 e. The number of ketones is 1. The number of halogens is 1. The van der Waals surface area contributed by atoms with Gasteiger partial charge in [-0.2, -0.15) is 0 Å². The summed E-state index contributed by atoms with van der Waals surface area (Å²) in [6.07, 6.45) is 1.59. The predicted molar refractivity (Wildman–Crippen MR) is 113 cm³/mol. The molecule has 1 saturated heterocycles. The second kappa shape index (κ2) is 6.98. The number of fused-ring (bicyclic) bond motifs is 1. The summed E-state index contributed by atoms with van der Waals surface area (Å²) in [6.45, 7) is 1.74. The first-order chi connectivity index (χ1) is 15.0. The molecule has 7 heteroatoms. The van der Waals surface area contributed by atoms with Gasteiger partial charge in [-0.25, -0.2) is 4.39 Å². The summed E-state index contributed by atoms with van der Waals surface area (Å²) in [4.78, 5) is 30.4. The third-order valence-electron chi connectivity index (χ3n) is 5.42. The van der Waals surface area contributed by atoms with Crippen LogP contribution in [0, 0.1) is 12.7 Å². The highest BCUT2D eigenvalue weighted by atomic mass is 19.1. The van der Waals surface area contributed by atoms with Crippen LogP contribution in [0.5, 0.6) is 0 Å². The zero-order valence-electron chi connectivity index (χ0n) is 16.4. The van der Waals surface area contributed by atoms with Gasteiger partial charge in [0.15, 0.2) is 0 Å². The summed E-state index contributed by atoms with van der Waals surface area (Å²) in [5.41, 5.74) is 1.41. The van der Waals surface area contributed by atoms with E-state index in [1.54, 1.807) is 25.3 Å². The number of aromatic amines is 1. The number of amides is 1. The Bertz CT molecular complexity index is 1360. The second-order valence-corrected chi connectivity index (χ2v) is 7.34. The van der Waals surface area contributed by atoms with E-state index in [9.17, 15) is 19.1 Å². The number of benzene rings is 2. The highest BCUT2D eigenvalue weighted by Gasteiger charge is 2.48. The van der Waals surface area contributed by atoms with E-state index >= 15 is 0 Å². The maximum absolute atomic E-state index is 13.5. The van der Waals surface area contributed by atoms with Crippen molar-refractivity contribution in [2.75, 3.05) is 4.90 Å². The summed E-state index contributed by atoms with van der Waals surface area (Å²) < 4.78 is 19.2. The van der Waals surface area contributed by atoms with Gasteiger partial charge in [-0.05, 0) is 49.4 Å². The number of hydrogen-bond acceptors (Lipinski definition) is 4. The molecule has 1 fully saturated rings. The number of furan rings is 1. The number of Topliss-reactive ketones (excluding diaryl/α,β-unsaturated/α-hetero) is 1. The van der Waals surface area contributed by atoms with Gasteiger partial charge >= 0.3 is 0 Å². The third kappa shape index (κ3) is 2.93. The molecular weight excluding hydrogens is 399 g/mol. The molecule has 2 aromatic heterocycles. The summed E-state index contributed by atoms with van der Waals surface area (Å²) in [6, 6.07) is 14.9. The Kier molecular flexibility index (Phi) is 4.25. The number of aromatic nitrogens is 1. The van der Waals surface area contributed by atoms with E-state index in [4.69, 9.17) is 4.42 Å².